The molecule has 0 spiro atoms. The SMILES string of the molecule is Cc1sc(CNC(=O)C(N)C2CCOCC2)nc1-c1ccc(Cl)cc1.Cl. The minimum absolute atomic E-state index is 0. The first kappa shape index (κ1) is 21.1. The van der Waals surface area contributed by atoms with Gasteiger partial charge >= 0.3 is 0 Å². The second kappa shape index (κ2) is 9.67. The summed E-state index contributed by atoms with van der Waals surface area (Å²) in [4.78, 5) is 18.1. The molecule has 3 rings (SSSR count). The van der Waals surface area contributed by atoms with E-state index in [4.69, 9.17) is 22.1 Å². The third-order valence-electron chi connectivity index (χ3n) is 4.45. The van der Waals surface area contributed by atoms with Gasteiger partial charge in [0.2, 0.25) is 5.91 Å². The zero-order chi connectivity index (χ0) is 17.8. The van der Waals surface area contributed by atoms with Crippen molar-refractivity contribution in [3.63, 3.8) is 0 Å². The number of ether oxygens (including phenoxy) is 1. The van der Waals surface area contributed by atoms with E-state index in [0.29, 0.717) is 24.8 Å². The minimum atomic E-state index is -0.485. The Morgan fingerprint density at radius 2 is 2.04 bits per heavy atom. The fraction of sp³-hybridized carbons (Fsp3) is 0.444. The number of halogens is 2. The monoisotopic (exact) mass is 415 g/mol. The predicted octanol–water partition coefficient (Wildman–Crippen LogP) is 3.56. The number of carbonyl (C=O) groups excluding carboxylic acids is 1. The fourth-order valence-electron chi connectivity index (χ4n) is 2.97. The fourth-order valence-corrected chi connectivity index (χ4v) is 3.99. The van der Waals surface area contributed by atoms with Gasteiger partial charge in [-0.3, -0.25) is 4.79 Å². The summed E-state index contributed by atoms with van der Waals surface area (Å²) in [6, 6.07) is 7.12. The highest BCUT2D eigenvalue weighted by Crippen LogP contribution is 2.28. The van der Waals surface area contributed by atoms with Crippen molar-refractivity contribution in [2.45, 2.75) is 32.4 Å². The summed E-state index contributed by atoms with van der Waals surface area (Å²) in [5.74, 6) is 0.0733. The van der Waals surface area contributed by atoms with Crippen molar-refractivity contribution >= 4 is 41.3 Å². The summed E-state index contributed by atoms with van der Waals surface area (Å²) in [6.07, 6.45) is 1.68. The molecule has 1 aromatic carbocycles. The van der Waals surface area contributed by atoms with Crippen LogP contribution in [0.25, 0.3) is 11.3 Å². The molecule has 0 saturated carbocycles. The topological polar surface area (TPSA) is 77.2 Å². The van der Waals surface area contributed by atoms with Crippen molar-refractivity contribution in [1.82, 2.24) is 10.3 Å². The Labute approximate surface area is 168 Å². The number of nitrogens with two attached hydrogens (primary N) is 1. The van der Waals surface area contributed by atoms with E-state index in [9.17, 15) is 4.79 Å². The van der Waals surface area contributed by atoms with Crippen LogP contribution in [0.4, 0.5) is 0 Å². The summed E-state index contributed by atoms with van der Waals surface area (Å²) < 4.78 is 5.32. The lowest BCUT2D eigenvalue weighted by atomic mass is 9.92. The van der Waals surface area contributed by atoms with Gasteiger partial charge in [-0.2, -0.15) is 0 Å². The summed E-state index contributed by atoms with van der Waals surface area (Å²) in [5, 5.41) is 4.49. The van der Waals surface area contributed by atoms with Crippen LogP contribution in [0.5, 0.6) is 0 Å². The molecule has 1 saturated heterocycles. The maximum Gasteiger partial charge on any atom is 0.237 e. The summed E-state index contributed by atoms with van der Waals surface area (Å²) in [6.45, 7) is 3.79. The molecular formula is C18H23Cl2N3O2S. The van der Waals surface area contributed by atoms with E-state index in [-0.39, 0.29) is 24.2 Å². The molecule has 0 bridgehead atoms. The zero-order valence-corrected chi connectivity index (χ0v) is 16.9. The largest absolute Gasteiger partial charge is 0.381 e. The third kappa shape index (κ3) is 5.18. The van der Waals surface area contributed by atoms with Gasteiger partial charge in [0.1, 0.15) is 5.01 Å². The van der Waals surface area contributed by atoms with Gasteiger partial charge in [-0.25, -0.2) is 4.98 Å². The van der Waals surface area contributed by atoms with Crippen LogP contribution in [-0.4, -0.2) is 30.1 Å². The minimum Gasteiger partial charge on any atom is -0.381 e. The van der Waals surface area contributed by atoms with Gasteiger partial charge in [-0.15, -0.1) is 23.7 Å². The molecule has 1 aliphatic rings. The number of benzene rings is 1. The zero-order valence-electron chi connectivity index (χ0n) is 14.5. The Morgan fingerprint density at radius 3 is 2.69 bits per heavy atom. The number of amides is 1. The molecule has 5 nitrogen and oxygen atoms in total. The highest BCUT2D eigenvalue weighted by atomic mass is 35.5. The average Bonchev–Trinajstić information content (AvgIpc) is 3.01. The molecule has 8 heteroatoms. The first-order valence-corrected chi connectivity index (χ1v) is 9.57. The van der Waals surface area contributed by atoms with Crippen LogP contribution in [0.2, 0.25) is 5.02 Å². The number of aryl methyl sites for hydroxylation is 1. The van der Waals surface area contributed by atoms with E-state index in [1.165, 1.54) is 0 Å². The molecule has 142 valence electrons. The Hall–Kier alpha value is -1.18. The van der Waals surface area contributed by atoms with E-state index >= 15 is 0 Å². The van der Waals surface area contributed by atoms with Gasteiger partial charge in [0.05, 0.1) is 18.3 Å². The maximum atomic E-state index is 12.3. The molecule has 3 N–H and O–H groups in total. The van der Waals surface area contributed by atoms with Gasteiger partial charge < -0.3 is 15.8 Å². The Morgan fingerprint density at radius 1 is 1.38 bits per heavy atom. The number of aromatic nitrogens is 1. The highest BCUT2D eigenvalue weighted by molar-refractivity contribution is 7.12. The molecule has 0 radical (unpaired) electrons. The molecule has 2 heterocycles. The molecule has 26 heavy (non-hydrogen) atoms. The number of nitrogens with one attached hydrogen (secondary N) is 1. The summed E-state index contributed by atoms with van der Waals surface area (Å²) in [7, 11) is 0. The number of hydrogen-bond acceptors (Lipinski definition) is 5. The van der Waals surface area contributed by atoms with Gasteiger partial charge in [0, 0.05) is 28.7 Å². The number of carbonyl (C=O) groups is 1. The molecule has 1 aromatic heterocycles. The highest BCUT2D eigenvalue weighted by Gasteiger charge is 2.26. The maximum absolute atomic E-state index is 12.3. The van der Waals surface area contributed by atoms with Gasteiger partial charge in [0.25, 0.3) is 0 Å². The average molecular weight is 416 g/mol. The van der Waals surface area contributed by atoms with Gasteiger partial charge in [-0.1, -0.05) is 23.7 Å². The second-order valence-electron chi connectivity index (χ2n) is 6.21. The third-order valence-corrected chi connectivity index (χ3v) is 5.67. The summed E-state index contributed by atoms with van der Waals surface area (Å²) >= 11 is 7.52. The van der Waals surface area contributed by atoms with Crippen LogP contribution < -0.4 is 11.1 Å². The number of rotatable bonds is 5. The molecule has 1 unspecified atom stereocenters. The van der Waals surface area contributed by atoms with Crippen LogP contribution >= 0.6 is 35.3 Å². The Kier molecular flexibility index (Phi) is 7.85. The van der Waals surface area contributed by atoms with Crippen molar-refractivity contribution in [2.24, 2.45) is 11.7 Å². The van der Waals surface area contributed by atoms with Crippen LogP contribution in [-0.2, 0) is 16.1 Å². The number of hydrogen-bond donors (Lipinski definition) is 2. The molecule has 1 aliphatic heterocycles. The van der Waals surface area contributed by atoms with Gasteiger partial charge in [0.15, 0.2) is 0 Å². The molecular weight excluding hydrogens is 393 g/mol. The lowest BCUT2D eigenvalue weighted by molar-refractivity contribution is -0.124. The standard InChI is InChI=1S/C18H22ClN3O2S.ClH/c1-11-17(13-2-4-14(19)5-3-13)22-15(25-11)10-21-18(23)16(20)12-6-8-24-9-7-12;/h2-5,12,16H,6-10,20H2,1H3,(H,21,23);1H. The predicted molar refractivity (Wildman–Crippen MR) is 108 cm³/mol. The van der Waals surface area contributed by atoms with Gasteiger partial charge in [-0.05, 0) is 37.8 Å². The summed E-state index contributed by atoms with van der Waals surface area (Å²) in [5.41, 5.74) is 8.05. The van der Waals surface area contributed by atoms with Crippen molar-refractivity contribution in [2.75, 3.05) is 13.2 Å². The van der Waals surface area contributed by atoms with Crippen LogP contribution in [0.3, 0.4) is 0 Å². The number of thiazole rings is 1. The van der Waals surface area contributed by atoms with E-state index in [0.717, 1.165) is 34.0 Å². The molecule has 1 fully saturated rings. The van der Waals surface area contributed by atoms with E-state index in [1.807, 2.05) is 31.2 Å². The lowest BCUT2D eigenvalue weighted by Crippen LogP contribution is -2.46. The first-order chi connectivity index (χ1) is 12.0. The van der Waals surface area contributed by atoms with E-state index in [1.54, 1.807) is 11.3 Å². The Bertz CT molecular complexity index is 731. The van der Waals surface area contributed by atoms with Crippen LogP contribution in [0.1, 0.15) is 22.7 Å². The molecule has 2 aromatic rings. The molecule has 0 aliphatic carbocycles. The van der Waals surface area contributed by atoms with Crippen molar-refractivity contribution in [3.05, 3.63) is 39.2 Å². The number of nitrogens with zero attached hydrogens (tertiary/aromatic N) is 1. The van der Waals surface area contributed by atoms with Crippen molar-refractivity contribution < 1.29 is 9.53 Å². The van der Waals surface area contributed by atoms with Crippen LogP contribution in [0, 0.1) is 12.8 Å². The Balaban J connectivity index is 0.00000243. The first-order valence-electron chi connectivity index (χ1n) is 8.38. The molecule has 1 amide bonds. The normalized spacial score (nSPS) is 16.0. The quantitative estimate of drug-likeness (QED) is 0.782. The lowest BCUT2D eigenvalue weighted by Gasteiger charge is -2.26. The van der Waals surface area contributed by atoms with E-state index in [2.05, 4.69) is 10.3 Å². The van der Waals surface area contributed by atoms with Crippen LogP contribution in [0.15, 0.2) is 24.3 Å². The van der Waals surface area contributed by atoms with E-state index < -0.39 is 6.04 Å². The van der Waals surface area contributed by atoms with Crippen molar-refractivity contribution in [1.29, 1.82) is 0 Å². The van der Waals surface area contributed by atoms with Crippen molar-refractivity contribution in [3.8, 4) is 11.3 Å². The smallest absolute Gasteiger partial charge is 0.237 e. The second-order valence-corrected chi connectivity index (χ2v) is 7.94. The molecule has 1 atom stereocenters.